The highest BCUT2D eigenvalue weighted by Crippen LogP contribution is 2.37. The lowest BCUT2D eigenvalue weighted by molar-refractivity contribution is -0.121. The van der Waals surface area contributed by atoms with Crippen LogP contribution in [0.5, 0.6) is 11.5 Å². The molecule has 0 bridgehead atoms. The number of carbonyl (C=O) groups is 1. The molecule has 0 aliphatic carbocycles. The first kappa shape index (κ1) is 22.5. The second-order valence-corrected chi connectivity index (χ2v) is 8.67. The fourth-order valence-electron chi connectivity index (χ4n) is 4.46. The minimum Gasteiger partial charge on any atom is -0.497 e. The molecule has 0 radical (unpaired) electrons. The van der Waals surface area contributed by atoms with Crippen LogP contribution >= 0.6 is 11.6 Å². The van der Waals surface area contributed by atoms with Gasteiger partial charge in [-0.1, -0.05) is 11.6 Å². The van der Waals surface area contributed by atoms with Gasteiger partial charge in [0.15, 0.2) is 0 Å². The van der Waals surface area contributed by atoms with E-state index < -0.39 is 0 Å². The summed E-state index contributed by atoms with van der Waals surface area (Å²) >= 11 is 6.29. The third kappa shape index (κ3) is 5.19. The Morgan fingerprint density at radius 3 is 2.53 bits per heavy atom. The van der Waals surface area contributed by atoms with Crippen LogP contribution < -0.4 is 14.8 Å². The number of hydrogen-bond acceptors (Lipinski definition) is 4. The van der Waals surface area contributed by atoms with Crippen molar-refractivity contribution >= 4 is 28.4 Å². The topological polar surface area (TPSA) is 66.6 Å². The number of aromatic nitrogens is 1. The fourth-order valence-corrected chi connectivity index (χ4v) is 4.63. The summed E-state index contributed by atoms with van der Waals surface area (Å²) in [6, 6.07) is 11.5. The van der Waals surface area contributed by atoms with Crippen molar-refractivity contribution < 1.29 is 14.3 Å². The van der Waals surface area contributed by atoms with E-state index in [0.717, 1.165) is 41.7 Å². The average Bonchev–Trinajstić information content (AvgIpc) is 3.47. The fraction of sp³-hybridized carbons (Fsp3) is 0.400. The van der Waals surface area contributed by atoms with Crippen LogP contribution in [0.15, 0.2) is 42.6 Å². The van der Waals surface area contributed by atoms with Gasteiger partial charge in [-0.15, -0.1) is 0 Å². The van der Waals surface area contributed by atoms with Crippen molar-refractivity contribution in [1.29, 1.82) is 0 Å². The first-order valence-electron chi connectivity index (χ1n) is 11.1. The molecule has 0 saturated carbocycles. The van der Waals surface area contributed by atoms with Crippen molar-refractivity contribution in [2.75, 3.05) is 40.4 Å². The Bertz CT molecular complexity index is 1050. The van der Waals surface area contributed by atoms with Crippen LogP contribution in [0.2, 0.25) is 5.02 Å². The molecule has 1 amide bonds. The van der Waals surface area contributed by atoms with E-state index in [-0.39, 0.29) is 11.8 Å². The molecule has 6 nitrogen and oxygen atoms in total. The van der Waals surface area contributed by atoms with E-state index in [9.17, 15) is 4.79 Å². The van der Waals surface area contributed by atoms with Crippen LogP contribution in [0.3, 0.4) is 0 Å². The summed E-state index contributed by atoms with van der Waals surface area (Å²) in [6.07, 6.45) is 4.78. The predicted octanol–water partition coefficient (Wildman–Crippen LogP) is 4.57. The van der Waals surface area contributed by atoms with Gasteiger partial charge in [0.2, 0.25) is 5.91 Å². The van der Waals surface area contributed by atoms with Crippen molar-refractivity contribution in [2.24, 2.45) is 0 Å². The molecule has 1 aliphatic heterocycles. The molecule has 1 fully saturated rings. The van der Waals surface area contributed by atoms with Gasteiger partial charge in [0, 0.05) is 53.6 Å². The van der Waals surface area contributed by atoms with E-state index in [1.807, 2.05) is 42.6 Å². The van der Waals surface area contributed by atoms with Crippen LogP contribution in [-0.4, -0.2) is 56.2 Å². The highest BCUT2D eigenvalue weighted by Gasteiger charge is 2.23. The molecule has 7 heteroatoms. The molecule has 32 heavy (non-hydrogen) atoms. The summed E-state index contributed by atoms with van der Waals surface area (Å²) in [5.74, 6) is 1.22. The molecule has 2 N–H and O–H groups in total. The maximum absolute atomic E-state index is 13.0. The number of aromatic amines is 1. The third-order valence-electron chi connectivity index (χ3n) is 6.17. The van der Waals surface area contributed by atoms with Gasteiger partial charge >= 0.3 is 0 Å². The zero-order valence-corrected chi connectivity index (χ0v) is 19.4. The number of amides is 1. The number of benzene rings is 2. The Morgan fingerprint density at radius 1 is 1.12 bits per heavy atom. The summed E-state index contributed by atoms with van der Waals surface area (Å²) in [7, 11) is 3.26. The zero-order chi connectivity index (χ0) is 22.5. The molecule has 1 saturated heterocycles. The number of rotatable bonds is 9. The molecule has 0 unspecified atom stereocenters. The monoisotopic (exact) mass is 455 g/mol. The van der Waals surface area contributed by atoms with Gasteiger partial charge in [0.05, 0.1) is 14.2 Å². The molecule has 0 spiro atoms. The number of fused-ring (bicyclic) bond motifs is 1. The molecule has 1 atom stereocenters. The largest absolute Gasteiger partial charge is 0.497 e. The Hall–Kier alpha value is -2.70. The number of nitrogens with one attached hydrogen (secondary N) is 2. The minimum atomic E-state index is -0.182. The minimum absolute atomic E-state index is 0.0207. The van der Waals surface area contributed by atoms with Gasteiger partial charge in [0.1, 0.15) is 11.5 Å². The van der Waals surface area contributed by atoms with Gasteiger partial charge in [-0.05, 0) is 67.4 Å². The van der Waals surface area contributed by atoms with Crippen molar-refractivity contribution in [3.05, 3.63) is 58.7 Å². The van der Waals surface area contributed by atoms with Crippen molar-refractivity contribution in [1.82, 2.24) is 15.2 Å². The van der Waals surface area contributed by atoms with Crippen molar-refractivity contribution in [3.8, 4) is 11.5 Å². The maximum Gasteiger partial charge on any atom is 0.220 e. The van der Waals surface area contributed by atoms with Crippen LogP contribution in [-0.2, 0) is 4.79 Å². The summed E-state index contributed by atoms with van der Waals surface area (Å²) in [5, 5.41) is 4.78. The van der Waals surface area contributed by atoms with Gasteiger partial charge < -0.3 is 24.7 Å². The Labute approximate surface area is 193 Å². The Kier molecular flexibility index (Phi) is 7.22. The lowest BCUT2D eigenvalue weighted by Gasteiger charge is -2.20. The first-order chi connectivity index (χ1) is 15.6. The van der Waals surface area contributed by atoms with E-state index in [0.29, 0.717) is 29.5 Å². The number of H-pyrrole nitrogens is 1. The number of methoxy groups -OCH3 is 2. The van der Waals surface area contributed by atoms with Crippen LogP contribution in [0.25, 0.3) is 10.9 Å². The summed E-state index contributed by atoms with van der Waals surface area (Å²) in [4.78, 5) is 18.7. The van der Waals surface area contributed by atoms with Gasteiger partial charge in [-0.3, -0.25) is 4.79 Å². The lowest BCUT2D eigenvalue weighted by Crippen LogP contribution is -2.34. The third-order valence-corrected chi connectivity index (χ3v) is 6.40. The van der Waals surface area contributed by atoms with Gasteiger partial charge in [-0.2, -0.15) is 0 Å². The molecule has 170 valence electrons. The molecule has 1 aliphatic rings. The normalized spacial score (nSPS) is 15.1. The quantitative estimate of drug-likeness (QED) is 0.496. The van der Waals surface area contributed by atoms with E-state index in [1.165, 1.54) is 12.8 Å². The summed E-state index contributed by atoms with van der Waals surface area (Å²) in [6.45, 7) is 3.80. The zero-order valence-electron chi connectivity index (χ0n) is 18.6. The molecule has 4 rings (SSSR count). The molecule has 3 aromatic rings. The second kappa shape index (κ2) is 10.3. The standard InChI is InChI=1S/C25H30ClN3O3/c1-31-19-11-17(12-20(14-19)32-2)21(15-25(30)27-7-10-29-8-3-4-9-29)23-16-28-24-6-5-18(26)13-22(23)24/h5-6,11-14,16,21,28H,3-4,7-10,15H2,1-2H3,(H,27,30)/t21-/m0/s1. The number of halogens is 1. The number of nitrogens with zero attached hydrogens (tertiary/aromatic N) is 1. The van der Waals surface area contributed by atoms with Gasteiger partial charge in [0.25, 0.3) is 0 Å². The SMILES string of the molecule is COc1cc(OC)cc([C@H](CC(=O)NCCN2CCCC2)c2c[nH]c3ccc(Cl)cc23)c1. The lowest BCUT2D eigenvalue weighted by atomic mass is 9.87. The van der Waals surface area contributed by atoms with E-state index in [1.54, 1.807) is 14.2 Å². The van der Waals surface area contributed by atoms with Crippen LogP contribution in [0.1, 0.15) is 36.3 Å². The number of hydrogen-bond donors (Lipinski definition) is 2. The number of ether oxygens (including phenoxy) is 2. The van der Waals surface area contributed by atoms with Crippen LogP contribution in [0.4, 0.5) is 0 Å². The first-order valence-corrected chi connectivity index (χ1v) is 11.4. The van der Waals surface area contributed by atoms with E-state index in [4.69, 9.17) is 21.1 Å². The Morgan fingerprint density at radius 2 is 1.84 bits per heavy atom. The molecular formula is C25H30ClN3O3. The highest BCUT2D eigenvalue weighted by atomic mass is 35.5. The second-order valence-electron chi connectivity index (χ2n) is 8.24. The van der Waals surface area contributed by atoms with Gasteiger partial charge in [-0.25, -0.2) is 0 Å². The van der Waals surface area contributed by atoms with Crippen LogP contribution in [0, 0.1) is 0 Å². The molecule has 2 aromatic carbocycles. The van der Waals surface area contributed by atoms with Crippen molar-refractivity contribution in [2.45, 2.75) is 25.2 Å². The van der Waals surface area contributed by atoms with Crippen molar-refractivity contribution in [3.63, 3.8) is 0 Å². The summed E-state index contributed by atoms with van der Waals surface area (Å²) < 4.78 is 11.0. The average molecular weight is 456 g/mol. The molecular weight excluding hydrogens is 426 g/mol. The predicted molar refractivity (Wildman–Crippen MR) is 128 cm³/mol. The van der Waals surface area contributed by atoms with E-state index in [2.05, 4.69) is 15.2 Å². The Balaban J connectivity index is 1.62. The highest BCUT2D eigenvalue weighted by molar-refractivity contribution is 6.31. The maximum atomic E-state index is 13.0. The molecule has 2 heterocycles. The number of carbonyl (C=O) groups excluding carboxylic acids is 1. The molecule has 1 aromatic heterocycles. The van der Waals surface area contributed by atoms with E-state index >= 15 is 0 Å². The number of likely N-dealkylation sites (tertiary alicyclic amines) is 1. The summed E-state index contributed by atoms with van der Waals surface area (Å²) in [5.41, 5.74) is 2.96. The smallest absolute Gasteiger partial charge is 0.220 e.